The Kier molecular flexibility index (Phi) is 6.09. The molecule has 1 aliphatic rings. The van der Waals surface area contributed by atoms with E-state index in [1.165, 1.54) is 0 Å². The first-order chi connectivity index (χ1) is 8.49. The van der Waals surface area contributed by atoms with Crippen molar-refractivity contribution in [1.82, 2.24) is 0 Å². The quantitative estimate of drug-likeness (QED) is 0.735. The first-order valence-corrected chi connectivity index (χ1v) is 6.91. The lowest BCUT2D eigenvalue weighted by Gasteiger charge is -2.36. The molecule has 0 aromatic carbocycles. The Morgan fingerprint density at radius 3 is 2.39 bits per heavy atom. The Morgan fingerprint density at radius 2 is 1.89 bits per heavy atom. The molecule has 4 heteroatoms. The summed E-state index contributed by atoms with van der Waals surface area (Å²) >= 11 is 0. The van der Waals surface area contributed by atoms with E-state index in [9.17, 15) is 4.79 Å². The fourth-order valence-corrected chi connectivity index (χ4v) is 2.86. The minimum Gasteiger partial charge on any atom is -0.457 e. The molecule has 0 spiro atoms. The van der Waals surface area contributed by atoms with Gasteiger partial charge >= 0.3 is 5.97 Å². The second-order valence-corrected chi connectivity index (χ2v) is 5.86. The highest BCUT2D eigenvalue weighted by molar-refractivity contribution is 5.73. The molecule has 0 radical (unpaired) electrons. The summed E-state index contributed by atoms with van der Waals surface area (Å²) in [6.45, 7) is 5.78. The highest BCUT2D eigenvalue weighted by Crippen LogP contribution is 2.38. The third-order valence-corrected chi connectivity index (χ3v) is 4.02. The number of aliphatic hydroxyl groups is 2. The molecule has 18 heavy (non-hydrogen) atoms. The monoisotopic (exact) mass is 258 g/mol. The number of rotatable bonds is 5. The Bertz CT molecular complexity index is 261. The molecule has 3 atom stereocenters. The summed E-state index contributed by atoms with van der Waals surface area (Å²) in [6.07, 6.45) is 2.30. The van der Waals surface area contributed by atoms with Gasteiger partial charge in [0.2, 0.25) is 0 Å². The highest BCUT2D eigenvalue weighted by atomic mass is 16.6. The van der Waals surface area contributed by atoms with E-state index in [0.717, 1.165) is 19.3 Å². The Balaban J connectivity index is 2.66. The maximum Gasteiger partial charge on any atom is 0.309 e. The summed E-state index contributed by atoms with van der Waals surface area (Å²) in [6, 6.07) is 0. The van der Waals surface area contributed by atoms with Crippen LogP contribution in [0.25, 0.3) is 0 Å². The van der Waals surface area contributed by atoms with Crippen LogP contribution in [0.5, 0.6) is 0 Å². The van der Waals surface area contributed by atoms with Gasteiger partial charge < -0.3 is 14.9 Å². The second kappa shape index (κ2) is 7.10. The summed E-state index contributed by atoms with van der Waals surface area (Å²) in [5.41, 5.74) is 0. The van der Waals surface area contributed by atoms with E-state index in [2.05, 4.69) is 20.8 Å². The van der Waals surface area contributed by atoms with E-state index < -0.39 is 6.10 Å². The summed E-state index contributed by atoms with van der Waals surface area (Å²) < 4.78 is 5.18. The van der Waals surface area contributed by atoms with Crippen molar-refractivity contribution in [2.75, 3.05) is 13.2 Å². The smallest absolute Gasteiger partial charge is 0.309 e. The van der Waals surface area contributed by atoms with Gasteiger partial charge in [-0.1, -0.05) is 27.2 Å². The Labute approximate surface area is 109 Å². The molecule has 0 amide bonds. The zero-order valence-corrected chi connectivity index (χ0v) is 11.6. The molecular weight excluding hydrogens is 232 g/mol. The molecule has 0 saturated heterocycles. The lowest BCUT2D eigenvalue weighted by atomic mass is 9.70. The van der Waals surface area contributed by atoms with Gasteiger partial charge in [-0.3, -0.25) is 4.79 Å². The van der Waals surface area contributed by atoms with Crippen LogP contribution in [-0.2, 0) is 9.53 Å². The van der Waals surface area contributed by atoms with Crippen molar-refractivity contribution in [2.24, 2.45) is 23.7 Å². The molecule has 1 saturated carbocycles. The van der Waals surface area contributed by atoms with Gasteiger partial charge in [0.15, 0.2) is 0 Å². The zero-order chi connectivity index (χ0) is 13.7. The SMILES string of the molecule is CC1CCC(C(C)C)C(C(=O)OC(CO)CO)C1. The van der Waals surface area contributed by atoms with Gasteiger partial charge in [-0.2, -0.15) is 0 Å². The third kappa shape index (κ3) is 3.95. The number of carbonyl (C=O) groups excluding carboxylic acids is 1. The van der Waals surface area contributed by atoms with Gasteiger partial charge in [-0.25, -0.2) is 0 Å². The lowest BCUT2D eigenvalue weighted by Crippen LogP contribution is -2.37. The van der Waals surface area contributed by atoms with E-state index in [0.29, 0.717) is 17.8 Å². The largest absolute Gasteiger partial charge is 0.457 e. The highest BCUT2D eigenvalue weighted by Gasteiger charge is 2.37. The predicted octanol–water partition coefficient (Wildman–Crippen LogP) is 1.59. The molecule has 0 bridgehead atoms. The van der Waals surface area contributed by atoms with Gasteiger partial charge in [0.1, 0.15) is 6.10 Å². The minimum atomic E-state index is -0.775. The van der Waals surface area contributed by atoms with Crippen LogP contribution in [0.2, 0.25) is 0 Å². The maximum absolute atomic E-state index is 12.1. The van der Waals surface area contributed by atoms with Crippen LogP contribution in [0.3, 0.4) is 0 Å². The summed E-state index contributed by atoms with van der Waals surface area (Å²) in [5, 5.41) is 17.9. The van der Waals surface area contributed by atoms with Crippen molar-refractivity contribution in [1.29, 1.82) is 0 Å². The van der Waals surface area contributed by atoms with Gasteiger partial charge in [0.25, 0.3) is 0 Å². The van der Waals surface area contributed by atoms with Gasteiger partial charge in [-0.05, 0) is 30.6 Å². The number of hydrogen-bond donors (Lipinski definition) is 2. The fraction of sp³-hybridized carbons (Fsp3) is 0.929. The predicted molar refractivity (Wildman–Crippen MR) is 68.9 cm³/mol. The average molecular weight is 258 g/mol. The van der Waals surface area contributed by atoms with Crippen LogP contribution >= 0.6 is 0 Å². The minimum absolute atomic E-state index is 0.0886. The molecule has 106 valence electrons. The third-order valence-electron chi connectivity index (χ3n) is 4.02. The van der Waals surface area contributed by atoms with Crippen molar-refractivity contribution in [3.05, 3.63) is 0 Å². The second-order valence-electron chi connectivity index (χ2n) is 5.86. The van der Waals surface area contributed by atoms with Crippen molar-refractivity contribution in [3.8, 4) is 0 Å². The molecule has 0 aliphatic heterocycles. The van der Waals surface area contributed by atoms with Crippen molar-refractivity contribution in [2.45, 2.75) is 46.1 Å². The van der Waals surface area contributed by atoms with Crippen LogP contribution in [-0.4, -0.2) is 35.5 Å². The molecule has 2 N–H and O–H groups in total. The fourth-order valence-electron chi connectivity index (χ4n) is 2.86. The van der Waals surface area contributed by atoms with Crippen LogP contribution in [0.15, 0.2) is 0 Å². The normalized spacial score (nSPS) is 28.7. The number of esters is 1. The van der Waals surface area contributed by atoms with E-state index in [1.807, 2.05) is 0 Å². The van der Waals surface area contributed by atoms with Crippen LogP contribution < -0.4 is 0 Å². The molecule has 1 fully saturated rings. The van der Waals surface area contributed by atoms with E-state index in [1.54, 1.807) is 0 Å². The molecule has 0 aromatic heterocycles. The van der Waals surface area contributed by atoms with Crippen molar-refractivity contribution in [3.63, 3.8) is 0 Å². The summed E-state index contributed by atoms with van der Waals surface area (Å²) in [5.74, 6) is 1.01. The lowest BCUT2D eigenvalue weighted by molar-refractivity contribution is -0.163. The van der Waals surface area contributed by atoms with Crippen molar-refractivity contribution < 1.29 is 19.7 Å². The van der Waals surface area contributed by atoms with Gasteiger partial charge in [-0.15, -0.1) is 0 Å². The van der Waals surface area contributed by atoms with Gasteiger partial charge in [0, 0.05) is 0 Å². The molecule has 1 aliphatic carbocycles. The first-order valence-electron chi connectivity index (χ1n) is 6.91. The van der Waals surface area contributed by atoms with E-state index in [-0.39, 0.29) is 25.1 Å². The molecular formula is C14H26O4. The van der Waals surface area contributed by atoms with Crippen LogP contribution in [0, 0.1) is 23.7 Å². The van der Waals surface area contributed by atoms with Gasteiger partial charge in [0.05, 0.1) is 19.1 Å². The standard InChI is InChI=1S/C14H26O4/c1-9(2)12-5-4-10(3)6-13(12)14(17)18-11(7-15)8-16/h9-13,15-16H,4-8H2,1-3H3. The molecule has 4 nitrogen and oxygen atoms in total. The number of ether oxygens (including phenoxy) is 1. The zero-order valence-electron chi connectivity index (χ0n) is 11.6. The van der Waals surface area contributed by atoms with Crippen molar-refractivity contribution >= 4 is 5.97 Å². The topological polar surface area (TPSA) is 66.8 Å². The van der Waals surface area contributed by atoms with Crippen LogP contribution in [0.1, 0.15) is 40.0 Å². The summed E-state index contributed by atoms with van der Waals surface area (Å²) in [7, 11) is 0. The molecule has 3 unspecified atom stereocenters. The molecule has 0 heterocycles. The van der Waals surface area contributed by atoms with Crippen LogP contribution in [0.4, 0.5) is 0 Å². The molecule has 0 aromatic rings. The molecule has 1 rings (SSSR count). The van der Waals surface area contributed by atoms with E-state index in [4.69, 9.17) is 14.9 Å². The van der Waals surface area contributed by atoms with E-state index >= 15 is 0 Å². The first kappa shape index (κ1) is 15.4. The number of aliphatic hydroxyl groups excluding tert-OH is 2. The maximum atomic E-state index is 12.1. The number of hydrogen-bond acceptors (Lipinski definition) is 4. The Hall–Kier alpha value is -0.610. The summed E-state index contributed by atoms with van der Waals surface area (Å²) in [4.78, 5) is 12.1. The number of carbonyl (C=O) groups is 1. The average Bonchev–Trinajstić information content (AvgIpc) is 2.35. The Morgan fingerprint density at radius 1 is 1.28 bits per heavy atom.